The second-order valence-corrected chi connectivity index (χ2v) is 10.6. The summed E-state index contributed by atoms with van der Waals surface area (Å²) in [6.45, 7) is 2.69. The summed E-state index contributed by atoms with van der Waals surface area (Å²) < 4.78 is 29.2. The minimum Gasteiger partial charge on any atom is -0.326 e. The van der Waals surface area contributed by atoms with Crippen molar-refractivity contribution >= 4 is 50.9 Å². The largest absolute Gasteiger partial charge is 0.326 e. The van der Waals surface area contributed by atoms with E-state index in [9.17, 15) is 13.2 Å². The van der Waals surface area contributed by atoms with Gasteiger partial charge < -0.3 is 9.88 Å². The first-order chi connectivity index (χ1) is 17.4. The number of aromatic nitrogens is 5. The molecule has 0 saturated heterocycles. The molecular weight excluding hydrogens is 522 g/mol. The number of nitrogens with one attached hydrogen (secondary N) is 2. The topological polar surface area (TPSA) is 132 Å². The maximum atomic E-state index is 12.5. The Morgan fingerprint density at radius 3 is 2.39 bits per heavy atom. The second kappa shape index (κ2) is 11.5. The number of carbonyl (C=O) groups is 1. The third-order valence-corrected chi connectivity index (χ3v) is 7.50. The number of hydrogen-bond donors (Lipinski definition) is 2. The third-order valence-electron chi connectivity index (χ3n) is 4.94. The fourth-order valence-electron chi connectivity index (χ4n) is 3.20. The van der Waals surface area contributed by atoms with Gasteiger partial charge in [0, 0.05) is 47.4 Å². The Morgan fingerprint density at radius 2 is 1.72 bits per heavy atom. The molecule has 13 heteroatoms. The molecule has 2 heterocycles. The molecule has 186 valence electrons. The Labute approximate surface area is 217 Å². The molecule has 2 aromatic carbocycles. The van der Waals surface area contributed by atoms with Gasteiger partial charge in [-0.1, -0.05) is 23.4 Å². The Kier molecular flexibility index (Phi) is 8.18. The van der Waals surface area contributed by atoms with E-state index < -0.39 is 10.0 Å². The van der Waals surface area contributed by atoms with Crippen molar-refractivity contribution in [3.05, 3.63) is 72.0 Å². The van der Waals surface area contributed by atoms with E-state index in [4.69, 9.17) is 11.6 Å². The van der Waals surface area contributed by atoms with Crippen LogP contribution in [0.3, 0.4) is 0 Å². The lowest BCUT2D eigenvalue weighted by molar-refractivity contribution is -0.115. The fourth-order valence-corrected chi connectivity index (χ4v) is 5.22. The van der Waals surface area contributed by atoms with Gasteiger partial charge >= 0.3 is 0 Å². The van der Waals surface area contributed by atoms with Crippen LogP contribution in [-0.2, 0) is 21.4 Å². The van der Waals surface area contributed by atoms with E-state index in [2.05, 4.69) is 30.2 Å². The van der Waals surface area contributed by atoms with Crippen LogP contribution in [0.2, 0.25) is 5.02 Å². The van der Waals surface area contributed by atoms with Crippen LogP contribution in [0.4, 0.5) is 11.6 Å². The number of anilines is 2. The molecule has 36 heavy (non-hydrogen) atoms. The van der Waals surface area contributed by atoms with E-state index in [1.165, 1.54) is 48.4 Å². The molecule has 4 aromatic rings. The molecule has 2 aromatic heterocycles. The van der Waals surface area contributed by atoms with Crippen molar-refractivity contribution in [3.8, 4) is 11.4 Å². The SMILES string of the molecule is CCn1c(SCCC(=O)Nc2ccc(S(=O)(=O)Nc3ncccn3)cc2)nnc1-c1ccc(Cl)cc1. The minimum atomic E-state index is -3.84. The van der Waals surface area contributed by atoms with Crippen molar-refractivity contribution in [1.82, 2.24) is 24.7 Å². The molecule has 0 saturated carbocycles. The van der Waals surface area contributed by atoms with Crippen molar-refractivity contribution in [2.45, 2.75) is 29.9 Å². The fraction of sp³-hybridized carbons (Fsp3) is 0.174. The van der Waals surface area contributed by atoms with Crippen molar-refractivity contribution < 1.29 is 13.2 Å². The molecule has 4 rings (SSSR count). The lowest BCUT2D eigenvalue weighted by atomic mass is 10.2. The van der Waals surface area contributed by atoms with Crippen LogP contribution in [0, 0.1) is 0 Å². The van der Waals surface area contributed by atoms with E-state index in [0.717, 1.165) is 16.5 Å². The van der Waals surface area contributed by atoms with Gasteiger partial charge in [0.25, 0.3) is 10.0 Å². The number of rotatable bonds is 10. The average Bonchev–Trinajstić information content (AvgIpc) is 3.28. The summed E-state index contributed by atoms with van der Waals surface area (Å²) in [5.74, 6) is 1.02. The van der Waals surface area contributed by atoms with Gasteiger partial charge in [-0.15, -0.1) is 10.2 Å². The van der Waals surface area contributed by atoms with Crippen LogP contribution in [0.5, 0.6) is 0 Å². The Morgan fingerprint density at radius 1 is 1.03 bits per heavy atom. The van der Waals surface area contributed by atoms with Gasteiger partial charge in [0.05, 0.1) is 4.90 Å². The highest BCUT2D eigenvalue weighted by Gasteiger charge is 2.16. The Hall–Kier alpha value is -3.48. The van der Waals surface area contributed by atoms with Gasteiger partial charge in [-0.2, -0.15) is 0 Å². The number of sulfonamides is 1. The lowest BCUT2D eigenvalue weighted by Gasteiger charge is -2.09. The van der Waals surface area contributed by atoms with Crippen LogP contribution < -0.4 is 10.0 Å². The number of nitrogens with zero attached hydrogens (tertiary/aromatic N) is 5. The predicted molar refractivity (Wildman–Crippen MR) is 139 cm³/mol. The van der Waals surface area contributed by atoms with E-state index >= 15 is 0 Å². The maximum Gasteiger partial charge on any atom is 0.264 e. The van der Waals surface area contributed by atoms with Crippen molar-refractivity contribution in [1.29, 1.82) is 0 Å². The van der Waals surface area contributed by atoms with E-state index in [1.54, 1.807) is 18.2 Å². The first-order valence-electron chi connectivity index (χ1n) is 10.9. The zero-order valence-electron chi connectivity index (χ0n) is 19.1. The van der Waals surface area contributed by atoms with Gasteiger partial charge in [0.15, 0.2) is 11.0 Å². The number of amides is 1. The van der Waals surface area contributed by atoms with E-state index in [0.29, 0.717) is 23.0 Å². The molecule has 0 fully saturated rings. The minimum absolute atomic E-state index is 0.0217. The van der Waals surface area contributed by atoms with Crippen LogP contribution in [0.15, 0.2) is 77.0 Å². The maximum absolute atomic E-state index is 12.5. The number of carbonyl (C=O) groups excluding carboxylic acids is 1. The first kappa shape index (κ1) is 25.6. The second-order valence-electron chi connectivity index (χ2n) is 7.41. The van der Waals surface area contributed by atoms with Gasteiger partial charge in [-0.3, -0.25) is 4.79 Å². The summed E-state index contributed by atoms with van der Waals surface area (Å²) in [4.78, 5) is 20.1. The summed E-state index contributed by atoms with van der Waals surface area (Å²) >= 11 is 7.41. The van der Waals surface area contributed by atoms with E-state index in [1.807, 2.05) is 23.6 Å². The Balaban J connectivity index is 1.31. The smallest absolute Gasteiger partial charge is 0.264 e. The number of thioether (sulfide) groups is 1. The summed E-state index contributed by atoms with van der Waals surface area (Å²) in [7, 11) is -3.84. The van der Waals surface area contributed by atoms with Crippen molar-refractivity contribution in [2.24, 2.45) is 0 Å². The monoisotopic (exact) mass is 543 g/mol. The standard InChI is InChI=1S/C23H22ClN7O3S2/c1-2-31-21(16-4-6-17(24)7-5-16)28-29-23(31)35-15-12-20(32)27-18-8-10-19(11-9-18)36(33,34)30-22-25-13-3-14-26-22/h3-11,13-14H,2,12,15H2,1H3,(H,27,32)(H,25,26,30). The highest BCUT2D eigenvalue weighted by atomic mass is 35.5. The highest BCUT2D eigenvalue weighted by Crippen LogP contribution is 2.25. The molecule has 0 aliphatic carbocycles. The van der Waals surface area contributed by atoms with Crippen LogP contribution in [0.25, 0.3) is 11.4 Å². The zero-order chi connectivity index (χ0) is 25.5. The number of hydrogen-bond acceptors (Lipinski definition) is 8. The van der Waals surface area contributed by atoms with Gasteiger partial charge in [0.1, 0.15) is 0 Å². The van der Waals surface area contributed by atoms with Crippen LogP contribution in [-0.4, -0.2) is 44.8 Å². The molecule has 0 aliphatic rings. The predicted octanol–water partition coefficient (Wildman–Crippen LogP) is 4.33. The normalized spacial score (nSPS) is 11.3. The molecule has 0 radical (unpaired) electrons. The summed E-state index contributed by atoms with van der Waals surface area (Å²) in [6.07, 6.45) is 3.11. The molecule has 0 aliphatic heterocycles. The molecule has 1 amide bonds. The van der Waals surface area contributed by atoms with Crippen molar-refractivity contribution in [3.63, 3.8) is 0 Å². The van der Waals surface area contributed by atoms with Gasteiger partial charge in [-0.25, -0.2) is 23.1 Å². The lowest BCUT2D eigenvalue weighted by Crippen LogP contribution is -2.15. The molecular formula is C23H22ClN7O3S2. The number of halogens is 1. The molecule has 0 unspecified atom stereocenters. The average molecular weight is 544 g/mol. The first-order valence-corrected chi connectivity index (χ1v) is 13.7. The summed E-state index contributed by atoms with van der Waals surface area (Å²) in [6, 6.07) is 14.8. The molecule has 10 nitrogen and oxygen atoms in total. The highest BCUT2D eigenvalue weighted by molar-refractivity contribution is 7.99. The van der Waals surface area contributed by atoms with Crippen molar-refractivity contribution in [2.75, 3.05) is 15.8 Å². The van der Waals surface area contributed by atoms with Gasteiger partial charge in [-0.05, 0) is 61.5 Å². The molecule has 0 atom stereocenters. The quantitative estimate of drug-likeness (QED) is 0.282. The number of benzene rings is 2. The molecule has 0 spiro atoms. The third kappa shape index (κ3) is 6.39. The summed E-state index contributed by atoms with van der Waals surface area (Å²) in [5.41, 5.74) is 1.40. The van der Waals surface area contributed by atoms with Crippen LogP contribution in [0.1, 0.15) is 13.3 Å². The van der Waals surface area contributed by atoms with Crippen LogP contribution >= 0.6 is 23.4 Å². The summed E-state index contributed by atoms with van der Waals surface area (Å²) in [5, 5.41) is 12.7. The van der Waals surface area contributed by atoms with E-state index in [-0.39, 0.29) is 23.2 Å². The molecule has 2 N–H and O–H groups in total. The van der Waals surface area contributed by atoms with Gasteiger partial charge in [0.2, 0.25) is 11.9 Å². The Bertz CT molecular complexity index is 1430. The zero-order valence-corrected chi connectivity index (χ0v) is 21.5. The molecule has 0 bridgehead atoms.